The fourth-order valence-corrected chi connectivity index (χ4v) is 1.87. The van der Waals surface area contributed by atoms with Gasteiger partial charge in [0.05, 0.1) is 5.69 Å². The molecule has 106 valence electrons. The predicted molar refractivity (Wildman–Crippen MR) is 82.3 cm³/mol. The van der Waals surface area contributed by atoms with E-state index in [0.717, 1.165) is 16.8 Å². The molecule has 0 atom stereocenters. The number of nitrogens with two attached hydrogens (primary N) is 1. The Labute approximate surface area is 120 Å². The van der Waals surface area contributed by atoms with Crippen molar-refractivity contribution in [2.75, 3.05) is 18.5 Å². The van der Waals surface area contributed by atoms with Gasteiger partial charge in [-0.2, -0.15) is 0 Å². The molecule has 0 aliphatic carbocycles. The lowest BCUT2D eigenvalue weighted by atomic mass is 10.1. The van der Waals surface area contributed by atoms with Crippen molar-refractivity contribution >= 4 is 30.1 Å². The van der Waals surface area contributed by atoms with Gasteiger partial charge in [-0.05, 0) is 31.9 Å². The fraction of sp³-hybridized carbons (Fsp3) is 0.385. The molecule has 0 aliphatic rings. The van der Waals surface area contributed by atoms with Gasteiger partial charge in [0, 0.05) is 13.6 Å². The van der Waals surface area contributed by atoms with Crippen LogP contribution in [0, 0.1) is 13.8 Å². The minimum absolute atomic E-state index is 0. The van der Waals surface area contributed by atoms with Crippen molar-refractivity contribution in [1.29, 1.82) is 0 Å². The number of nitrogens with zero attached hydrogens (tertiary/aromatic N) is 2. The Balaban J connectivity index is 0.00000324. The lowest BCUT2D eigenvalue weighted by Crippen LogP contribution is -2.46. The average molecular weight is 285 g/mol. The van der Waals surface area contributed by atoms with Crippen molar-refractivity contribution in [3.05, 3.63) is 29.3 Å². The molecule has 2 amide bonds. The zero-order valence-corrected chi connectivity index (χ0v) is 12.5. The molecule has 19 heavy (non-hydrogen) atoms. The van der Waals surface area contributed by atoms with Crippen molar-refractivity contribution in [3.63, 3.8) is 0 Å². The van der Waals surface area contributed by atoms with Gasteiger partial charge in [0.15, 0.2) is 5.96 Å². The lowest BCUT2D eigenvalue weighted by molar-refractivity contribution is 0.250. The van der Waals surface area contributed by atoms with Gasteiger partial charge >= 0.3 is 6.03 Å². The van der Waals surface area contributed by atoms with E-state index in [0.29, 0.717) is 6.54 Å². The molecule has 0 unspecified atom stereocenters. The first-order valence-corrected chi connectivity index (χ1v) is 5.88. The third-order valence-corrected chi connectivity index (χ3v) is 2.75. The van der Waals surface area contributed by atoms with E-state index < -0.39 is 0 Å². The van der Waals surface area contributed by atoms with Crippen LogP contribution in [0.2, 0.25) is 0 Å². The van der Waals surface area contributed by atoms with Gasteiger partial charge in [-0.15, -0.1) is 12.4 Å². The maximum absolute atomic E-state index is 12.1. The highest BCUT2D eigenvalue weighted by molar-refractivity contribution is 6.03. The van der Waals surface area contributed by atoms with Crippen LogP contribution in [0.5, 0.6) is 0 Å². The van der Waals surface area contributed by atoms with E-state index in [4.69, 9.17) is 5.73 Å². The van der Waals surface area contributed by atoms with Crippen LogP contribution in [0.3, 0.4) is 0 Å². The first-order valence-electron chi connectivity index (χ1n) is 5.88. The Bertz CT molecular complexity index is 453. The summed E-state index contributed by atoms with van der Waals surface area (Å²) in [5.41, 5.74) is 8.54. The topological polar surface area (TPSA) is 70.7 Å². The highest BCUT2D eigenvalue weighted by atomic mass is 35.5. The number of halogens is 1. The number of amides is 2. The molecule has 1 aromatic rings. The SMILES string of the molecule is CCN(C(=O)NC(N)=NC)c1c(C)cccc1C.Cl. The molecule has 0 aromatic heterocycles. The number of rotatable bonds is 2. The standard InChI is InChI=1S/C13H20N4O.ClH/c1-5-17(13(18)16-12(14)15-4)11-9(2)7-6-8-10(11)3;/h6-8H,5H2,1-4H3,(H3,14,15,16,18);1H. The summed E-state index contributed by atoms with van der Waals surface area (Å²) in [4.78, 5) is 17.5. The minimum atomic E-state index is -0.266. The van der Waals surface area contributed by atoms with Crippen molar-refractivity contribution < 1.29 is 4.79 Å². The van der Waals surface area contributed by atoms with Crippen molar-refractivity contribution in [1.82, 2.24) is 5.32 Å². The largest absolute Gasteiger partial charge is 0.370 e. The molecule has 0 heterocycles. The van der Waals surface area contributed by atoms with Crippen LogP contribution in [-0.2, 0) is 0 Å². The Hall–Kier alpha value is -1.75. The average Bonchev–Trinajstić information content (AvgIpc) is 2.33. The number of benzene rings is 1. The van der Waals surface area contributed by atoms with Crippen LogP contribution < -0.4 is 16.0 Å². The summed E-state index contributed by atoms with van der Waals surface area (Å²) < 4.78 is 0. The molecule has 0 spiro atoms. The summed E-state index contributed by atoms with van der Waals surface area (Å²) in [6, 6.07) is 5.67. The van der Waals surface area contributed by atoms with Crippen LogP contribution in [0.25, 0.3) is 0 Å². The molecule has 0 radical (unpaired) electrons. The van der Waals surface area contributed by atoms with E-state index in [1.807, 2.05) is 39.0 Å². The Morgan fingerprint density at radius 1 is 1.37 bits per heavy atom. The monoisotopic (exact) mass is 284 g/mol. The first-order chi connectivity index (χ1) is 8.51. The van der Waals surface area contributed by atoms with Crippen LogP contribution in [0.15, 0.2) is 23.2 Å². The number of aliphatic imine (C=N–C) groups is 1. The van der Waals surface area contributed by atoms with E-state index in [9.17, 15) is 4.79 Å². The van der Waals surface area contributed by atoms with Crippen molar-refractivity contribution in [3.8, 4) is 0 Å². The van der Waals surface area contributed by atoms with E-state index in [-0.39, 0.29) is 24.4 Å². The molecule has 3 N–H and O–H groups in total. The van der Waals surface area contributed by atoms with Crippen molar-refractivity contribution in [2.45, 2.75) is 20.8 Å². The second kappa shape index (κ2) is 7.63. The number of hydrogen-bond donors (Lipinski definition) is 2. The molecule has 1 aromatic carbocycles. The summed E-state index contributed by atoms with van der Waals surface area (Å²) >= 11 is 0. The highest BCUT2D eigenvalue weighted by Crippen LogP contribution is 2.24. The van der Waals surface area contributed by atoms with Gasteiger partial charge in [-0.1, -0.05) is 18.2 Å². The molecule has 0 bridgehead atoms. The van der Waals surface area contributed by atoms with E-state index in [2.05, 4.69) is 10.3 Å². The maximum atomic E-state index is 12.1. The second-order valence-electron chi connectivity index (χ2n) is 4.02. The van der Waals surface area contributed by atoms with Gasteiger partial charge in [-0.3, -0.25) is 15.2 Å². The van der Waals surface area contributed by atoms with Crippen LogP contribution in [0.1, 0.15) is 18.1 Å². The molecule has 5 nitrogen and oxygen atoms in total. The number of hydrogen-bond acceptors (Lipinski definition) is 2. The van der Waals surface area contributed by atoms with E-state index in [1.165, 1.54) is 7.05 Å². The third-order valence-electron chi connectivity index (χ3n) is 2.75. The summed E-state index contributed by atoms with van der Waals surface area (Å²) in [5, 5.41) is 2.55. The van der Waals surface area contributed by atoms with E-state index >= 15 is 0 Å². The quantitative estimate of drug-likeness (QED) is 0.646. The second-order valence-corrected chi connectivity index (χ2v) is 4.02. The number of nitrogens with one attached hydrogen (secondary N) is 1. The number of aryl methyl sites for hydroxylation is 2. The van der Waals surface area contributed by atoms with Gasteiger partial charge in [0.2, 0.25) is 0 Å². The normalized spacial score (nSPS) is 10.6. The zero-order valence-electron chi connectivity index (χ0n) is 11.7. The molecule has 0 saturated heterocycles. The maximum Gasteiger partial charge on any atom is 0.328 e. The number of carbonyl (C=O) groups is 1. The Kier molecular flexibility index (Phi) is 6.93. The fourth-order valence-electron chi connectivity index (χ4n) is 1.87. The van der Waals surface area contributed by atoms with E-state index in [1.54, 1.807) is 4.90 Å². The first kappa shape index (κ1) is 17.2. The predicted octanol–water partition coefficient (Wildman–Crippen LogP) is 2.21. The molecular weight excluding hydrogens is 264 g/mol. The minimum Gasteiger partial charge on any atom is -0.370 e. The number of urea groups is 1. The summed E-state index contributed by atoms with van der Waals surface area (Å²) in [7, 11) is 1.53. The highest BCUT2D eigenvalue weighted by Gasteiger charge is 2.17. The third kappa shape index (κ3) is 4.13. The molecule has 0 fully saturated rings. The molecular formula is C13H21ClN4O. The Morgan fingerprint density at radius 2 is 1.89 bits per heavy atom. The summed E-state index contributed by atoms with van der Waals surface area (Å²) in [6.45, 7) is 6.45. The number of guanidine groups is 1. The van der Waals surface area contributed by atoms with Crippen LogP contribution in [-0.4, -0.2) is 25.6 Å². The molecule has 6 heteroatoms. The van der Waals surface area contributed by atoms with Crippen molar-refractivity contribution in [2.24, 2.45) is 10.7 Å². The summed E-state index contributed by atoms with van der Waals surface area (Å²) in [5.74, 6) is 0.115. The van der Waals surface area contributed by atoms with Gasteiger partial charge < -0.3 is 5.73 Å². The van der Waals surface area contributed by atoms with Gasteiger partial charge in [0.25, 0.3) is 0 Å². The molecule has 0 aliphatic heterocycles. The van der Waals surface area contributed by atoms with Crippen LogP contribution in [0.4, 0.5) is 10.5 Å². The van der Waals surface area contributed by atoms with Gasteiger partial charge in [-0.25, -0.2) is 4.79 Å². The van der Waals surface area contributed by atoms with Crippen LogP contribution >= 0.6 is 12.4 Å². The molecule has 0 saturated carbocycles. The Morgan fingerprint density at radius 3 is 2.32 bits per heavy atom. The number of para-hydroxylation sites is 1. The smallest absolute Gasteiger partial charge is 0.328 e. The zero-order chi connectivity index (χ0) is 13.7. The summed E-state index contributed by atoms with van der Waals surface area (Å²) in [6.07, 6.45) is 0. The number of carbonyl (C=O) groups excluding carboxylic acids is 1. The lowest BCUT2D eigenvalue weighted by Gasteiger charge is -2.24. The number of anilines is 1. The molecule has 1 rings (SSSR count). The van der Waals surface area contributed by atoms with Gasteiger partial charge in [0.1, 0.15) is 0 Å².